The van der Waals surface area contributed by atoms with E-state index in [9.17, 15) is 0 Å². The second-order valence-corrected chi connectivity index (χ2v) is 3.94. The van der Waals surface area contributed by atoms with E-state index in [0.717, 1.165) is 18.7 Å². The molecular formula is C9H18N4. The number of nitrogens with two attached hydrogens (primary N) is 1. The fourth-order valence-electron chi connectivity index (χ4n) is 1.02. The van der Waals surface area contributed by atoms with E-state index in [4.69, 9.17) is 5.73 Å². The molecule has 0 aliphatic heterocycles. The molecule has 0 radical (unpaired) electrons. The van der Waals surface area contributed by atoms with E-state index in [0.29, 0.717) is 0 Å². The van der Waals surface area contributed by atoms with Crippen LogP contribution in [0.5, 0.6) is 0 Å². The fourth-order valence-corrected chi connectivity index (χ4v) is 1.02. The topological polar surface area (TPSA) is 56.7 Å². The second-order valence-electron chi connectivity index (χ2n) is 3.94. The number of hydrogen-bond acceptors (Lipinski definition) is 3. The Bertz CT molecular complexity index is 259. The largest absolute Gasteiger partial charge is 0.320 e. The average Bonchev–Trinajstić information content (AvgIpc) is 2.47. The summed E-state index contributed by atoms with van der Waals surface area (Å²) in [4.78, 5) is 0. The van der Waals surface area contributed by atoms with Gasteiger partial charge in [0.2, 0.25) is 0 Å². The van der Waals surface area contributed by atoms with Crippen molar-refractivity contribution >= 4 is 0 Å². The van der Waals surface area contributed by atoms with Gasteiger partial charge in [-0.05, 0) is 20.3 Å². The number of aryl methyl sites for hydroxylation is 1. The molecule has 1 aromatic rings. The molecule has 1 aromatic heterocycles. The van der Waals surface area contributed by atoms with Gasteiger partial charge in [-0.3, -0.25) is 4.68 Å². The maximum atomic E-state index is 5.88. The monoisotopic (exact) mass is 182 g/mol. The Hall–Kier alpha value is -0.900. The number of nitrogens with zero attached hydrogens (tertiary/aromatic N) is 3. The van der Waals surface area contributed by atoms with Crippen LogP contribution >= 0.6 is 0 Å². The number of rotatable bonds is 4. The van der Waals surface area contributed by atoms with Gasteiger partial charge in [-0.2, -0.15) is 0 Å². The molecule has 4 nitrogen and oxygen atoms in total. The molecule has 0 spiro atoms. The lowest BCUT2D eigenvalue weighted by Crippen LogP contribution is -2.29. The molecule has 2 N–H and O–H groups in total. The molecule has 0 aliphatic rings. The lowest BCUT2D eigenvalue weighted by atomic mass is 10.0. The van der Waals surface area contributed by atoms with Crippen molar-refractivity contribution < 1.29 is 0 Å². The summed E-state index contributed by atoms with van der Waals surface area (Å²) >= 11 is 0. The van der Waals surface area contributed by atoms with Crippen molar-refractivity contribution in [3.05, 3.63) is 11.9 Å². The van der Waals surface area contributed by atoms with E-state index in [1.807, 2.05) is 24.7 Å². The maximum Gasteiger partial charge on any atom is 0.102 e. The van der Waals surface area contributed by atoms with Gasteiger partial charge >= 0.3 is 0 Å². The van der Waals surface area contributed by atoms with E-state index < -0.39 is 0 Å². The highest BCUT2D eigenvalue weighted by Gasteiger charge is 2.17. The normalized spacial score (nSPS) is 12.0. The van der Waals surface area contributed by atoms with Gasteiger partial charge in [-0.1, -0.05) is 18.6 Å². The standard InChI is InChI=1S/C9H18N4/c1-4-5-6-13-7-8(11-12-13)9(2,3)10/h7H,4-6,10H2,1-3H3. The lowest BCUT2D eigenvalue weighted by Gasteiger charge is -2.13. The molecule has 1 heterocycles. The average molecular weight is 182 g/mol. The van der Waals surface area contributed by atoms with Gasteiger partial charge < -0.3 is 5.73 Å². The van der Waals surface area contributed by atoms with Gasteiger partial charge in [-0.15, -0.1) is 5.10 Å². The minimum absolute atomic E-state index is 0.384. The Labute approximate surface area is 79.1 Å². The maximum absolute atomic E-state index is 5.88. The van der Waals surface area contributed by atoms with Crippen LogP contribution in [0.25, 0.3) is 0 Å². The number of unbranched alkanes of at least 4 members (excludes halogenated alkanes) is 1. The molecule has 13 heavy (non-hydrogen) atoms. The molecule has 0 amide bonds. The van der Waals surface area contributed by atoms with Crippen LogP contribution < -0.4 is 5.73 Å². The summed E-state index contributed by atoms with van der Waals surface area (Å²) < 4.78 is 1.85. The predicted octanol–water partition coefficient (Wildman–Crippen LogP) is 1.27. The van der Waals surface area contributed by atoms with Gasteiger partial charge in [0.05, 0.1) is 11.7 Å². The van der Waals surface area contributed by atoms with Crippen LogP contribution in [-0.2, 0) is 12.1 Å². The molecule has 0 unspecified atom stereocenters. The summed E-state index contributed by atoms with van der Waals surface area (Å²) in [6, 6.07) is 0. The quantitative estimate of drug-likeness (QED) is 0.763. The van der Waals surface area contributed by atoms with Gasteiger partial charge in [0.1, 0.15) is 5.69 Å². The van der Waals surface area contributed by atoms with Crippen molar-refractivity contribution in [2.75, 3.05) is 0 Å². The van der Waals surface area contributed by atoms with Crippen molar-refractivity contribution in [1.29, 1.82) is 0 Å². The van der Waals surface area contributed by atoms with E-state index in [-0.39, 0.29) is 5.54 Å². The lowest BCUT2D eigenvalue weighted by molar-refractivity contribution is 0.533. The highest BCUT2D eigenvalue weighted by molar-refractivity contribution is 5.05. The molecule has 0 bridgehead atoms. The molecule has 0 aliphatic carbocycles. The number of aromatic nitrogens is 3. The van der Waals surface area contributed by atoms with Crippen LogP contribution in [0.3, 0.4) is 0 Å². The van der Waals surface area contributed by atoms with Gasteiger partial charge in [0.15, 0.2) is 0 Å². The Morgan fingerprint density at radius 2 is 2.23 bits per heavy atom. The van der Waals surface area contributed by atoms with Crippen LogP contribution in [0.4, 0.5) is 0 Å². The first-order chi connectivity index (χ1) is 6.04. The molecule has 74 valence electrons. The predicted molar refractivity (Wildman–Crippen MR) is 52.1 cm³/mol. The first-order valence-corrected chi connectivity index (χ1v) is 4.73. The summed E-state index contributed by atoms with van der Waals surface area (Å²) in [7, 11) is 0. The molecule has 4 heteroatoms. The SMILES string of the molecule is CCCCn1cc(C(C)(C)N)nn1. The molecule has 0 fully saturated rings. The van der Waals surface area contributed by atoms with Crippen LogP contribution in [-0.4, -0.2) is 15.0 Å². The van der Waals surface area contributed by atoms with E-state index >= 15 is 0 Å². The zero-order valence-electron chi connectivity index (χ0n) is 8.62. The van der Waals surface area contributed by atoms with E-state index in [1.54, 1.807) is 0 Å². The summed E-state index contributed by atoms with van der Waals surface area (Å²) in [5, 5.41) is 8.04. The van der Waals surface area contributed by atoms with Crippen molar-refractivity contribution in [3.8, 4) is 0 Å². The Morgan fingerprint density at radius 3 is 2.69 bits per heavy atom. The van der Waals surface area contributed by atoms with Crippen LogP contribution in [0, 0.1) is 0 Å². The van der Waals surface area contributed by atoms with Gasteiger partial charge in [0, 0.05) is 6.54 Å². The molecule has 0 atom stereocenters. The molecular weight excluding hydrogens is 164 g/mol. The zero-order valence-corrected chi connectivity index (χ0v) is 8.62. The minimum Gasteiger partial charge on any atom is -0.320 e. The Kier molecular flexibility index (Phi) is 3.03. The van der Waals surface area contributed by atoms with Crippen molar-refractivity contribution in [1.82, 2.24) is 15.0 Å². The molecule has 0 saturated heterocycles. The van der Waals surface area contributed by atoms with Crippen molar-refractivity contribution in [2.24, 2.45) is 5.73 Å². The Balaban J connectivity index is 2.64. The molecule has 1 rings (SSSR count). The Morgan fingerprint density at radius 1 is 1.54 bits per heavy atom. The second kappa shape index (κ2) is 3.87. The zero-order chi connectivity index (χ0) is 9.90. The first kappa shape index (κ1) is 10.2. The third-order valence-corrected chi connectivity index (χ3v) is 1.94. The number of hydrogen-bond donors (Lipinski definition) is 1. The minimum atomic E-state index is -0.384. The van der Waals surface area contributed by atoms with Crippen molar-refractivity contribution in [3.63, 3.8) is 0 Å². The smallest absolute Gasteiger partial charge is 0.102 e. The summed E-state index contributed by atoms with van der Waals surface area (Å²) in [5.41, 5.74) is 6.35. The third-order valence-electron chi connectivity index (χ3n) is 1.94. The van der Waals surface area contributed by atoms with Gasteiger partial charge in [0.25, 0.3) is 0 Å². The highest BCUT2D eigenvalue weighted by Crippen LogP contribution is 2.12. The fraction of sp³-hybridized carbons (Fsp3) is 0.778. The van der Waals surface area contributed by atoms with Crippen LogP contribution in [0.15, 0.2) is 6.20 Å². The summed E-state index contributed by atoms with van der Waals surface area (Å²) in [6.07, 6.45) is 4.23. The van der Waals surface area contributed by atoms with Crippen molar-refractivity contribution in [2.45, 2.75) is 45.7 Å². The highest BCUT2D eigenvalue weighted by atomic mass is 15.4. The molecule has 0 aromatic carbocycles. The third kappa shape index (κ3) is 2.81. The van der Waals surface area contributed by atoms with Crippen LogP contribution in [0.1, 0.15) is 39.3 Å². The van der Waals surface area contributed by atoms with E-state index in [1.165, 1.54) is 6.42 Å². The summed E-state index contributed by atoms with van der Waals surface area (Å²) in [6.45, 7) is 6.95. The summed E-state index contributed by atoms with van der Waals surface area (Å²) in [5.74, 6) is 0. The first-order valence-electron chi connectivity index (χ1n) is 4.73. The molecule has 0 saturated carbocycles. The van der Waals surface area contributed by atoms with E-state index in [2.05, 4.69) is 17.2 Å². The van der Waals surface area contributed by atoms with Gasteiger partial charge in [-0.25, -0.2) is 0 Å². The van der Waals surface area contributed by atoms with Crippen LogP contribution in [0.2, 0.25) is 0 Å².